The minimum Gasteiger partial charge on any atom is -0.464 e. The Hall–Kier alpha value is -4.36. The molecule has 192 valence electrons. The first-order chi connectivity index (χ1) is 18.4. The number of pyridine rings is 1. The van der Waals surface area contributed by atoms with Gasteiger partial charge in [-0.05, 0) is 47.5 Å². The molecule has 5 rings (SSSR count). The molecular formula is C30H26ClN3O4. The number of nitrogens with zero attached hydrogens (tertiary/aromatic N) is 1. The summed E-state index contributed by atoms with van der Waals surface area (Å²) in [6.45, 7) is 0.149. The van der Waals surface area contributed by atoms with Crippen molar-refractivity contribution in [3.05, 3.63) is 117 Å². The number of benzene rings is 3. The molecule has 38 heavy (non-hydrogen) atoms. The van der Waals surface area contributed by atoms with E-state index in [2.05, 4.69) is 10.3 Å². The fourth-order valence-electron chi connectivity index (χ4n) is 4.69. The molecule has 0 spiro atoms. The topological polar surface area (TPSA) is 93.2 Å². The fraction of sp³-hybridized carbons (Fsp3) is 0.167. The summed E-state index contributed by atoms with van der Waals surface area (Å²) in [5.74, 6) is -1.01. The molecule has 0 saturated carbocycles. The van der Waals surface area contributed by atoms with Gasteiger partial charge in [-0.2, -0.15) is 0 Å². The lowest BCUT2D eigenvalue weighted by atomic mass is 10.0. The quantitative estimate of drug-likeness (QED) is 0.283. The minimum atomic E-state index is -1.00. The smallest absolute Gasteiger partial charge is 0.329 e. The Morgan fingerprint density at radius 3 is 2.47 bits per heavy atom. The molecule has 2 heterocycles. The van der Waals surface area contributed by atoms with E-state index < -0.39 is 17.9 Å². The number of carbonyl (C=O) groups is 2. The van der Waals surface area contributed by atoms with Crippen molar-refractivity contribution in [1.29, 1.82) is 0 Å². The molecule has 0 bridgehead atoms. The van der Waals surface area contributed by atoms with E-state index in [0.717, 1.165) is 21.9 Å². The van der Waals surface area contributed by atoms with Crippen LogP contribution in [0, 0.1) is 0 Å². The molecule has 1 atom stereocenters. The third-order valence-electron chi connectivity index (χ3n) is 6.55. The van der Waals surface area contributed by atoms with Gasteiger partial charge in [-0.25, -0.2) is 4.79 Å². The van der Waals surface area contributed by atoms with Crippen molar-refractivity contribution >= 4 is 45.3 Å². The van der Waals surface area contributed by atoms with Crippen LogP contribution in [0.2, 0.25) is 5.02 Å². The lowest BCUT2D eigenvalue weighted by Gasteiger charge is -2.19. The lowest BCUT2D eigenvalue weighted by molar-refractivity contribution is -0.145. The number of esters is 1. The van der Waals surface area contributed by atoms with Gasteiger partial charge in [0.05, 0.1) is 6.61 Å². The molecule has 0 radical (unpaired) electrons. The molecule has 2 N–H and O–H groups in total. The maximum Gasteiger partial charge on any atom is 0.329 e. The first kappa shape index (κ1) is 25.3. The van der Waals surface area contributed by atoms with Crippen LogP contribution in [0.1, 0.15) is 21.5 Å². The molecule has 1 amide bonds. The number of nitrogens with one attached hydrogen (secondary N) is 2. The van der Waals surface area contributed by atoms with Gasteiger partial charge in [-0.1, -0.05) is 48.0 Å². The van der Waals surface area contributed by atoms with Crippen LogP contribution in [-0.2, 0) is 29.4 Å². The van der Waals surface area contributed by atoms with Crippen LogP contribution in [0.25, 0.3) is 21.8 Å². The summed E-state index contributed by atoms with van der Waals surface area (Å²) in [5, 5.41) is 5.19. The maximum atomic E-state index is 13.3. The molecule has 0 aliphatic heterocycles. The van der Waals surface area contributed by atoms with Crippen LogP contribution in [0.15, 0.2) is 89.9 Å². The zero-order valence-electron chi connectivity index (χ0n) is 20.7. The predicted molar refractivity (Wildman–Crippen MR) is 149 cm³/mol. The Morgan fingerprint density at radius 2 is 1.68 bits per heavy atom. The van der Waals surface area contributed by atoms with Crippen LogP contribution in [-0.4, -0.2) is 34.1 Å². The Bertz CT molecular complexity index is 1690. The number of halogens is 1. The monoisotopic (exact) mass is 527 g/mol. The highest BCUT2D eigenvalue weighted by Crippen LogP contribution is 2.21. The van der Waals surface area contributed by atoms with Crippen LogP contribution >= 0.6 is 11.6 Å². The summed E-state index contributed by atoms with van der Waals surface area (Å²) in [6.07, 6.45) is 2.65. The third-order valence-corrected chi connectivity index (χ3v) is 6.80. The molecule has 0 saturated heterocycles. The van der Waals surface area contributed by atoms with Gasteiger partial charge >= 0.3 is 5.97 Å². The highest BCUT2D eigenvalue weighted by molar-refractivity contribution is 6.30. The summed E-state index contributed by atoms with van der Waals surface area (Å²) >= 11 is 5.96. The van der Waals surface area contributed by atoms with Crippen molar-refractivity contribution in [3.63, 3.8) is 0 Å². The second-order valence-electron chi connectivity index (χ2n) is 9.14. The number of H-pyrrole nitrogens is 1. The van der Waals surface area contributed by atoms with Gasteiger partial charge in [-0.15, -0.1) is 0 Å². The van der Waals surface area contributed by atoms with E-state index in [1.165, 1.54) is 6.07 Å². The number of amides is 1. The maximum absolute atomic E-state index is 13.3. The van der Waals surface area contributed by atoms with Crippen LogP contribution < -0.4 is 10.9 Å². The summed E-state index contributed by atoms with van der Waals surface area (Å²) < 4.78 is 7.71. The Morgan fingerprint density at radius 1 is 0.974 bits per heavy atom. The van der Waals surface area contributed by atoms with Gasteiger partial charge in [0, 0.05) is 64.5 Å². The molecule has 0 aliphatic rings. The Kier molecular flexibility index (Phi) is 7.29. The van der Waals surface area contributed by atoms with Crippen molar-refractivity contribution < 1.29 is 14.3 Å². The first-order valence-corrected chi connectivity index (χ1v) is 12.6. The molecule has 1 unspecified atom stereocenters. The second-order valence-corrected chi connectivity index (χ2v) is 9.58. The standard InChI is InChI=1S/C30H26ClN3O4/c1-34-18-20(24-7-3-5-9-27(24)34)14-15-38-30(37)26(33-29(36)19-10-12-22(31)13-11-19)16-21-17-28(35)32-25-8-4-2-6-23(21)25/h2-13,17-18,26H,14-16H2,1H3,(H,32,35)(H,33,36). The molecule has 0 aliphatic carbocycles. The number of aromatic amines is 1. The molecule has 2 aromatic heterocycles. The number of carbonyl (C=O) groups excluding carboxylic acids is 2. The number of ether oxygens (including phenoxy) is 1. The number of hydrogen-bond acceptors (Lipinski definition) is 4. The molecule has 5 aromatic rings. The SMILES string of the molecule is Cn1cc(CCOC(=O)C(Cc2cc(=O)[nH]c3ccccc23)NC(=O)c2ccc(Cl)cc2)c2ccccc21. The largest absolute Gasteiger partial charge is 0.464 e. The molecule has 7 nitrogen and oxygen atoms in total. The van der Waals surface area contributed by atoms with Gasteiger partial charge in [0.2, 0.25) is 5.56 Å². The van der Waals surface area contributed by atoms with Crippen molar-refractivity contribution in [2.75, 3.05) is 6.61 Å². The molecule has 0 fully saturated rings. The van der Waals surface area contributed by atoms with Crippen LogP contribution in [0.3, 0.4) is 0 Å². The fourth-order valence-corrected chi connectivity index (χ4v) is 4.81. The highest BCUT2D eigenvalue weighted by atomic mass is 35.5. The van der Waals surface area contributed by atoms with E-state index in [4.69, 9.17) is 16.3 Å². The average molecular weight is 528 g/mol. The van der Waals surface area contributed by atoms with Crippen LogP contribution in [0.4, 0.5) is 0 Å². The lowest BCUT2D eigenvalue weighted by Crippen LogP contribution is -2.43. The Labute approximate surface area is 224 Å². The normalized spacial score (nSPS) is 11.9. The van der Waals surface area contributed by atoms with Crippen LogP contribution in [0.5, 0.6) is 0 Å². The Balaban J connectivity index is 1.37. The van der Waals surface area contributed by atoms with Crippen molar-refractivity contribution in [2.45, 2.75) is 18.9 Å². The van der Waals surface area contributed by atoms with E-state index in [0.29, 0.717) is 28.1 Å². The molecular weight excluding hydrogens is 502 g/mol. The summed E-state index contributed by atoms with van der Waals surface area (Å²) in [6, 6.07) is 22.2. The third kappa shape index (κ3) is 5.48. The number of fused-ring (bicyclic) bond motifs is 2. The highest BCUT2D eigenvalue weighted by Gasteiger charge is 2.25. The van der Waals surface area contributed by atoms with Crippen molar-refractivity contribution in [1.82, 2.24) is 14.9 Å². The van der Waals surface area contributed by atoms with Gasteiger partial charge in [0.1, 0.15) is 6.04 Å². The summed E-state index contributed by atoms with van der Waals surface area (Å²) in [7, 11) is 1.98. The van der Waals surface area contributed by atoms with Crippen molar-refractivity contribution in [3.8, 4) is 0 Å². The van der Waals surface area contributed by atoms with Gasteiger partial charge < -0.3 is 19.6 Å². The van der Waals surface area contributed by atoms with E-state index in [9.17, 15) is 14.4 Å². The number of para-hydroxylation sites is 2. The summed E-state index contributed by atoms with van der Waals surface area (Å²) in [4.78, 5) is 41.4. The molecule has 8 heteroatoms. The van der Waals surface area contributed by atoms with Gasteiger partial charge in [0.25, 0.3) is 5.91 Å². The number of aromatic nitrogens is 2. The second kappa shape index (κ2) is 10.9. The molecule has 3 aromatic carbocycles. The van der Waals surface area contributed by atoms with Gasteiger partial charge in [0.15, 0.2) is 0 Å². The zero-order valence-corrected chi connectivity index (χ0v) is 21.5. The van der Waals surface area contributed by atoms with E-state index in [-0.39, 0.29) is 18.6 Å². The minimum absolute atomic E-state index is 0.0941. The summed E-state index contributed by atoms with van der Waals surface area (Å²) in [5.41, 5.74) is 3.53. The first-order valence-electron chi connectivity index (χ1n) is 12.3. The number of hydrogen-bond donors (Lipinski definition) is 2. The average Bonchev–Trinajstić information content (AvgIpc) is 3.23. The number of aryl methyl sites for hydroxylation is 1. The van der Waals surface area contributed by atoms with Crippen molar-refractivity contribution in [2.24, 2.45) is 7.05 Å². The zero-order chi connectivity index (χ0) is 26.6. The van der Waals surface area contributed by atoms with E-state index in [1.807, 2.05) is 60.3 Å². The number of rotatable bonds is 8. The van der Waals surface area contributed by atoms with E-state index >= 15 is 0 Å². The van der Waals surface area contributed by atoms with Gasteiger partial charge in [-0.3, -0.25) is 9.59 Å². The van der Waals surface area contributed by atoms with E-state index in [1.54, 1.807) is 30.3 Å². The predicted octanol–water partition coefficient (Wildman–Crippen LogP) is 4.80.